The molecule has 3 nitrogen and oxygen atoms in total. The van der Waals surface area contributed by atoms with Crippen LogP contribution in [0.25, 0.3) is 0 Å². The van der Waals surface area contributed by atoms with Crippen molar-refractivity contribution in [1.29, 1.82) is 0 Å². The fraction of sp³-hybridized carbons (Fsp3) is 0.364. The zero-order valence-corrected chi connectivity index (χ0v) is 9.26. The van der Waals surface area contributed by atoms with E-state index in [0.717, 1.165) is 5.56 Å². The molecule has 0 spiro atoms. The van der Waals surface area contributed by atoms with E-state index in [1.54, 1.807) is 33.0 Å². The van der Waals surface area contributed by atoms with Gasteiger partial charge in [0.1, 0.15) is 5.82 Å². The Morgan fingerprint density at radius 2 is 1.93 bits per heavy atom. The Bertz CT molecular complexity index is 362. The van der Waals surface area contributed by atoms with E-state index in [1.807, 2.05) is 0 Å². The first-order chi connectivity index (χ1) is 7.04. The molecular formula is C11H16FN3. The minimum atomic E-state index is -0.143. The second-order valence-corrected chi connectivity index (χ2v) is 3.51. The first-order valence-electron chi connectivity index (χ1n) is 4.76. The van der Waals surface area contributed by atoms with E-state index >= 15 is 0 Å². The van der Waals surface area contributed by atoms with Crippen LogP contribution in [0, 0.1) is 19.7 Å². The second-order valence-electron chi connectivity index (χ2n) is 3.51. The summed E-state index contributed by atoms with van der Waals surface area (Å²) in [6.07, 6.45) is 0. The Labute approximate surface area is 89.2 Å². The highest BCUT2D eigenvalue weighted by atomic mass is 19.1. The molecule has 1 aromatic carbocycles. The molecule has 0 atom stereocenters. The molecule has 1 aromatic rings. The van der Waals surface area contributed by atoms with Crippen molar-refractivity contribution in [3.05, 3.63) is 34.6 Å². The molecule has 4 heteroatoms. The summed E-state index contributed by atoms with van der Waals surface area (Å²) in [6, 6.07) is 3.61. The van der Waals surface area contributed by atoms with Gasteiger partial charge in [0.25, 0.3) is 0 Å². The fourth-order valence-corrected chi connectivity index (χ4v) is 1.41. The van der Waals surface area contributed by atoms with E-state index in [9.17, 15) is 4.39 Å². The molecule has 0 aliphatic rings. The highest BCUT2D eigenvalue weighted by molar-refractivity contribution is 5.77. The van der Waals surface area contributed by atoms with Crippen molar-refractivity contribution in [3.8, 4) is 0 Å². The molecule has 0 aromatic heterocycles. The highest BCUT2D eigenvalue weighted by Crippen LogP contribution is 2.14. The predicted molar refractivity (Wildman–Crippen MR) is 60.3 cm³/mol. The minimum Gasteiger partial charge on any atom is -0.370 e. The third-order valence-electron chi connectivity index (χ3n) is 2.21. The maximum atomic E-state index is 13.3. The third-order valence-corrected chi connectivity index (χ3v) is 2.21. The van der Waals surface area contributed by atoms with Gasteiger partial charge < -0.3 is 11.1 Å². The molecule has 0 radical (unpaired) electrons. The van der Waals surface area contributed by atoms with E-state index in [-0.39, 0.29) is 5.82 Å². The maximum absolute atomic E-state index is 13.3. The van der Waals surface area contributed by atoms with Gasteiger partial charge in [0.15, 0.2) is 5.96 Å². The van der Waals surface area contributed by atoms with Gasteiger partial charge in [0.05, 0.1) is 0 Å². The van der Waals surface area contributed by atoms with Gasteiger partial charge in [-0.25, -0.2) is 4.39 Å². The number of hydrogen-bond acceptors (Lipinski definition) is 1. The highest BCUT2D eigenvalue weighted by Gasteiger charge is 2.03. The van der Waals surface area contributed by atoms with Gasteiger partial charge in [-0.2, -0.15) is 0 Å². The first kappa shape index (κ1) is 11.5. The molecule has 0 unspecified atom stereocenters. The van der Waals surface area contributed by atoms with E-state index in [2.05, 4.69) is 10.3 Å². The Hall–Kier alpha value is -1.58. The van der Waals surface area contributed by atoms with E-state index in [4.69, 9.17) is 5.73 Å². The van der Waals surface area contributed by atoms with Crippen molar-refractivity contribution in [1.82, 2.24) is 5.32 Å². The Morgan fingerprint density at radius 3 is 2.40 bits per heavy atom. The first-order valence-corrected chi connectivity index (χ1v) is 4.76. The largest absolute Gasteiger partial charge is 0.370 e. The lowest BCUT2D eigenvalue weighted by Gasteiger charge is -2.08. The monoisotopic (exact) mass is 209 g/mol. The lowest BCUT2D eigenvalue weighted by Crippen LogP contribution is -2.30. The van der Waals surface area contributed by atoms with Crippen LogP contribution >= 0.6 is 0 Å². The van der Waals surface area contributed by atoms with Crippen molar-refractivity contribution < 1.29 is 4.39 Å². The van der Waals surface area contributed by atoms with E-state index in [1.165, 1.54) is 0 Å². The van der Waals surface area contributed by atoms with Crippen molar-refractivity contribution in [2.45, 2.75) is 20.4 Å². The van der Waals surface area contributed by atoms with Crippen LogP contribution in [0.1, 0.15) is 16.7 Å². The van der Waals surface area contributed by atoms with E-state index < -0.39 is 0 Å². The number of halogens is 1. The average molecular weight is 209 g/mol. The summed E-state index contributed by atoms with van der Waals surface area (Å²) in [5.74, 6) is 0.241. The summed E-state index contributed by atoms with van der Waals surface area (Å²) in [7, 11) is 1.61. The number of nitrogens with two attached hydrogens (primary N) is 1. The third kappa shape index (κ3) is 2.94. The van der Waals surface area contributed by atoms with Crippen LogP contribution in [0.15, 0.2) is 17.1 Å². The molecule has 0 saturated carbocycles. The molecule has 0 aliphatic heterocycles. The number of benzene rings is 1. The van der Waals surface area contributed by atoms with Gasteiger partial charge in [0, 0.05) is 13.6 Å². The fourth-order valence-electron chi connectivity index (χ4n) is 1.41. The molecule has 0 aliphatic carbocycles. The minimum absolute atomic E-state index is 0.143. The lowest BCUT2D eigenvalue weighted by molar-refractivity contribution is 0.608. The molecule has 0 bridgehead atoms. The van der Waals surface area contributed by atoms with Crippen LogP contribution in [0.2, 0.25) is 0 Å². The van der Waals surface area contributed by atoms with Gasteiger partial charge >= 0.3 is 0 Å². The van der Waals surface area contributed by atoms with Crippen LogP contribution in [-0.4, -0.2) is 13.0 Å². The summed E-state index contributed by atoms with van der Waals surface area (Å²) in [5.41, 5.74) is 7.79. The van der Waals surface area contributed by atoms with E-state index in [0.29, 0.717) is 23.6 Å². The quantitative estimate of drug-likeness (QED) is 0.572. The lowest BCUT2D eigenvalue weighted by atomic mass is 10.1. The Morgan fingerprint density at radius 1 is 1.40 bits per heavy atom. The molecule has 15 heavy (non-hydrogen) atoms. The second kappa shape index (κ2) is 4.77. The van der Waals surface area contributed by atoms with Gasteiger partial charge in [-0.3, -0.25) is 4.99 Å². The zero-order chi connectivity index (χ0) is 11.4. The number of nitrogens with one attached hydrogen (secondary N) is 1. The molecule has 82 valence electrons. The molecule has 0 heterocycles. The number of rotatable bonds is 2. The summed E-state index contributed by atoms with van der Waals surface area (Å²) >= 11 is 0. The molecule has 1 rings (SSSR count). The van der Waals surface area contributed by atoms with Crippen molar-refractivity contribution in [3.63, 3.8) is 0 Å². The zero-order valence-electron chi connectivity index (χ0n) is 9.26. The maximum Gasteiger partial charge on any atom is 0.188 e. The summed E-state index contributed by atoms with van der Waals surface area (Å²) in [6.45, 7) is 4.07. The van der Waals surface area contributed by atoms with Gasteiger partial charge in [-0.15, -0.1) is 0 Å². The Kier molecular flexibility index (Phi) is 3.66. The topological polar surface area (TPSA) is 50.4 Å². The number of nitrogens with zero attached hydrogens (tertiary/aromatic N) is 1. The summed E-state index contributed by atoms with van der Waals surface area (Å²) in [4.78, 5) is 3.78. The van der Waals surface area contributed by atoms with Gasteiger partial charge in [-0.05, 0) is 30.5 Å². The number of guanidine groups is 1. The van der Waals surface area contributed by atoms with Crippen molar-refractivity contribution in [2.24, 2.45) is 10.7 Å². The van der Waals surface area contributed by atoms with Gasteiger partial charge in [0.2, 0.25) is 0 Å². The molecule has 0 amide bonds. The van der Waals surface area contributed by atoms with Gasteiger partial charge in [-0.1, -0.05) is 12.1 Å². The van der Waals surface area contributed by atoms with Crippen LogP contribution in [0.3, 0.4) is 0 Å². The number of hydrogen-bond donors (Lipinski definition) is 2. The SMILES string of the molecule is CN=C(N)NCc1cc(C)c(F)c(C)c1. The predicted octanol–water partition coefficient (Wildman–Crippen LogP) is 1.48. The summed E-state index contributed by atoms with van der Waals surface area (Å²) < 4.78 is 13.3. The molecular weight excluding hydrogens is 193 g/mol. The van der Waals surface area contributed by atoms with Crippen molar-refractivity contribution in [2.75, 3.05) is 7.05 Å². The van der Waals surface area contributed by atoms with Crippen LogP contribution in [-0.2, 0) is 6.54 Å². The molecule has 0 saturated heterocycles. The number of aliphatic imine (C=N–C) groups is 1. The smallest absolute Gasteiger partial charge is 0.188 e. The summed E-state index contributed by atoms with van der Waals surface area (Å²) in [5, 5.41) is 2.93. The van der Waals surface area contributed by atoms with Crippen LogP contribution in [0.4, 0.5) is 4.39 Å². The number of aryl methyl sites for hydroxylation is 2. The van der Waals surface area contributed by atoms with Crippen molar-refractivity contribution >= 4 is 5.96 Å². The standard InChI is InChI=1S/C11H16FN3/c1-7-4-9(5-8(2)10(7)12)6-15-11(13)14-3/h4-5H,6H2,1-3H3,(H3,13,14,15). The Balaban J connectivity index is 2.79. The average Bonchev–Trinajstić information content (AvgIpc) is 2.22. The van der Waals surface area contributed by atoms with Crippen LogP contribution < -0.4 is 11.1 Å². The molecule has 3 N–H and O–H groups in total. The van der Waals surface area contributed by atoms with Crippen LogP contribution in [0.5, 0.6) is 0 Å². The molecule has 0 fully saturated rings. The normalized spacial score (nSPS) is 11.6.